The van der Waals surface area contributed by atoms with Crippen LogP contribution in [0.3, 0.4) is 0 Å². The van der Waals surface area contributed by atoms with Crippen molar-refractivity contribution in [3.63, 3.8) is 0 Å². The van der Waals surface area contributed by atoms with Gasteiger partial charge in [-0.25, -0.2) is 0 Å². The summed E-state index contributed by atoms with van der Waals surface area (Å²) < 4.78 is 11.4. The van der Waals surface area contributed by atoms with Crippen molar-refractivity contribution in [2.24, 2.45) is 0 Å². The number of rotatable bonds is 16. The molecule has 0 aliphatic carbocycles. The maximum atomic E-state index is 6.05. The first kappa shape index (κ1) is 75.7. The molecule has 0 atom stereocenters. The normalized spacial score (nSPS) is 11.2. The van der Waals surface area contributed by atoms with Crippen molar-refractivity contribution in [3.05, 3.63) is 491 Å². The molecule has 23 aromatic rings. The van der Waals surface area contributed by atoms with Crippen molar-refractivity contribution in [1.82, 2.24) is 0 Å². The molecule has 0 bridgehead atoms. The van der Waals surface area contributed by atoms with Crippen LogP contribution in [-0.4, -0.2) is 0 Å². The van der Waals surface area contributed by atoms with Crippen molar-refractivity contribution in [2.45, 2.75) is 0 Å². The summed E-state index contributed by atoms with van der Waals surface area (Å²) in [6.07, 6.45) is 0. The highest BCUT2D eigenvalue weighted by Crippen LogP contribution is 2.46. The predicted octanol–water partition coefficient (Wildman–Crippen LogP) is 34.9. The van der Waals surface area contributed by atoms with Gasteiger partial charge in [0, 0.05) is 102 Å². The molecule has 20 aromatic carbocycles. The van der Waals surface area contributed by atoms with Gasteiger partial charge in [0.05, 0.1) is 5.69 Å². The van der Waals surface area contributed by atoms with Crippen LogP contribution in [0.1, 0.15) is 0 Å². The van der Waals surface area contributed by atoms with E-state index >= 15 is 0 Å². The minimum atomic E-state index is 0.913. The second-order valence-electron chi connectivity index (χ2n) is 31.1. The van der Waals surface area contributed by atoms with Crippen LogP contribution in [0, 0.1) is 0 Å². The summed E-state index contributed by atoms with van der Waals surface area (Å²) in [5.74, 6) is 0. The highest BCUT2D eigenvalue weighted by atomic mass is 32.1. The van der Waals surface area contributed by atoms with Gasteiger partial charge in [0.2, 0.25) is 0 Å². The second kappa shape index (κ2) is 34.2. The van der Waals surface area contributed by atoms with Crippen LogP contribution in [0.15, 0.2) is 496 Å². The zero-order chi connectivity index (χ0) is 82.5. The number of para-hydroxylation sites is 2. The molecule has 0 radical (unpaired) electrons. The third-order valence-corrected chi connectivity index (χ3v) is 25.7. The predicted molar refractivity (Wildman–Crippen MR) is 532 cm³/mol. The molecule has 0 saturated carbocycles. The Hall–Kier alpha value is -15.7. The molecular weight excluding hydrogens is 1540 g/mol. The Morgan fingerprint density at radius 1 is 0.145 bits per heavy atom. The number of anilines is 9. The number of hydrogen-bond acceptors (Lipinski definition) is 6. The first-order chi connectivity index (χ1) is 61.4. The Morgan fingerprint density at radius 3 is 0.847 bits per heavy atom. The Kier molecular flexibility index (Phi) is 20.9. The Balaban J connectivity index is 0.000000114. The summed E-state index contributed by atoms with van der Waals surface area (Å²) in [5.41, 5.74) is 28.8. The zero-order valence-electron chi connectivity index (χ0n) is 67.8. The van der Waals surface area contributed by atoms with Crippen LogP contribution >= 0.6 is 22.7 Å². The average molecular weight is 1620 g/mol. The lowest BCUT2D eigenvalue weighted by molar-refractivity contribution is 0.669. The lowest BCUT2D eigenvalue weighted by Gasteiger charge is -2.27. The molecule has 0 aliphatic rings. The molecule has 0 amide bonds. The summed E-state index contributed by atoms with van der Waals surface area (Å²) in [7, 11) is 0. The van der Waals surface area contributed by atoms with Gasteiger partial charge in [-0.05, 0) is 241 Å². The molecule has 3 heterocycles. The number of benzene rings is 20. The van der Waals surface area contributed by atoms with Crippen molar-refractivity contribution >= 4 is 147 Å². The molecule has 586 valence electrons. The van der Waals surface area contributed by atoms with E-state index in [1.54, 1.807) is 0 Å². The molecule has 4 nitrogen and oxygen atoms in total. The largest absolute Gasteiger partial charge is 0.456 e. The van der Waals surface area contributed by atoms with Gasteiger partial charge < -0.3 is 19.1 Å². The maximum absolute atomic E-state index is 6.05. The van der Waals surface area contributed by atoms with Gasteiger partial charge >= 0.3 is 0 Å². The lowest BCUT2D eigenvalue weighted by Crippen LogP contribution is -2.10. The Morgan fingerprint density at radius 2 is 0.411 bits per heavy atom. The fourth-order valence-corrected chi connectivity index (χ4v) is 19.4. The molecule has 3 aromatic heterocycles. The van der Waals surface area contributed by atoms with Gasteiger partial charge in [-0.3, -0.25) is 0 Å². The van der Waals surface area contributed by atoms with Crippen LogP contribution in [0.4, 0.5) is 51.2 Å². The number of fused-ring (bicyclic) bond motifs is 10. The number of thiophene rings is 2. The third-order valence-electron chi connectivity index (χ3n) is 23.4. The number of furan rings is 1. The molecule has 23 rings (SSSR count). The van der Waals surface area contributed by atoms with Crippen LogP contribution in [0.2, 0.25) is 0 Å². The zero-order valence-corrected chi connectivity index (χ0v) is 69.5. The molecule has 0 unspecified atom stereocenters. The molecule has 6 heteroatoms. The molecule has 0 saturated heterocycles. The standard InChI is InChI=1S/C42H29NS.C40H27NS.C36H25NO/c1-3-10-30(11-4-1)32-18-23-36(24-19-32)43(37-25-20-33(21-26-37)31-12-5-2-6-13-31)38-15-9-14-34(28-38)35-22-27-42-40(29-35)39-16-7-8-17-41(39)44-42;1-2-10-28(11-3-1)29-20-23-33(24-21-29)41(38-18-9-13-30-12-4-5-16-35(30)38)34-15-8-14-31(26-34)32-22-25-40-37(27-32)36-17-6-7-19-39(36)42-40;1-3-10-26(11-4-1)27-18-21-31(22-19-27)37(30-13-5-2-6-14-30)32-15-9-12-28(24-32)29-20-23-36-34(25-29)33-16-7-8-17-35(33)38-36/h1-29H;1-27H;1-25H. The van der Waals surface area contributed by atoms with E-state index in [-0.39, 0.29) is 0 Å². The Bertz CT molecular complexity index is 7610. The number of hydrogen-bond donors (Lipinski definition) is 0. The molecule has 0 spiro atoms. The monoisotopic (exact) mass is 1620 g/mol. The van der Waals surface area contributed by atoms with Crippen LogP contribution in [-0.2, 0) is 0 Å². The summed E-state index contributed by atoms with van der Waals surface area (Å²) in [6, 6.07) is 176. The summed E-state index contributed by atoms with van der Waals surface area (Å²) in [5, 5.41) is 10.0. The smallest absolute Gasteiger partial charge is 0.135 e. The molecule has 0 N–H and O–H groups in total. The number of nitrogens with zero attached hydrogens (tertiary/aromatic N) is 3. The third kappa shape index (κ3) is 15.6. The van der Waals surface area contributed by atoms with Gasteiger partial charge in [0.1, 0.15) is 11.2 Å². The molecule has 0 aliphatic heterocycles. The highest BCUT2D eigenvalue weighted by Gasteiger charge is 2.21. The highest BCUT2D eigenvalue weighted by molar-refractivity contribution is 7.26. The van der Waals surface area contributed by atoms with Gasteiger partial charge in [-0.15, -0.1) is 22.7 Å². The fraction of sp³-hybridized carbons (Fsp3) is 0. The fourth-order valence-electron chi connectivity index (χ4n) is 17.2. The quantitative estimate of drug-likeness (QED) is 0.0962. The Labute approximate surface area is 729 Å². The van der Waals surface area contributed by atoms with Gasteiger partial charge in [-0.2, -0.15) is 0 Å². The summed E-state index contributed by atoms with van der Waals surface area (Å²) in [6.45, 7) is 0. The van der Waals surface area contributed by atoms with Crippen molar-refractivity contribution < 1.29 is 4.42 Å². The van der Waals surface area contributed by atoms with Crippen LogP contribution in [0.5, 0.6) is 0 Å². The van der Waals surface area contributed by atoms with Gasteiger partial charge in [0.25, 0.3) is 0 Å². The molecule has 124 heavy (non-hydrogen) atoms. The summed E-state index contributed by atoms with van der Waals surface area (Å²) in [4.78, 5) is 7.05. The van der Waals surface area contributed by atoms with E-state index < -0.39 is 0 Å². The first-order valence-electron chi connectivity index (χ1n) is 42.1. The van der Waals surface area contributed by atoms with Crippen molar-refractivity contribution in [2.75, 3.05) is 14.7 Å². The van der Waals surface area contributed by atoms with E-state index in [1.165, 1.54) is 123 Å². The second-order valence-corrected chi connectivity index (χ2v) is 33.2. The van der Waals surface area contributed by atoms with Gasteiger partial charge in [-0.1, -0.05) is 334 Å². The van der Waals surface area contributed by atoms with E-state index in [0.29, 0.717) is 0 Å². The van der Waals surface area contributed by atoms with Gasteiger partial charge in [0.15, 0.2) is 0 Å². The average Bonchev–Trinajstić information content (AvgIpc) is 1.41. The van der Waals surface area contributed by atoms with Crippen LogP contribution < -0.4 is 14.7 Å². The topological polar surface area (TPSA) is 22.9 Å². The van der Waals surface area contributed by atoms with Crippen molar-refractivity contribution in [3.8, 4) is 77.9 Å². The van der Waals surface area contributed by atoms with E-state index in [4.69, 9.17) is 4.42 Å². The summed E-state index contributed by atoms with van der Waals surface area (Å²) >= 11 is 3.72. The minimum Gasteiger partial charge on any atom is -0.456 e. The molecule has 0 fully saturated rings. The van der Waals surface area contributed by atoms with E-state index in [1.807, 2.05) is 34.8 Å². The SMILES string of the molecule is c1ccc(-c2ccc(N(c3ccc(-c4ccccc4)cc3)c3cccc(-c4ccc5sc6ccccc6c5c4)c3)cc2)cc1.c1ccc(-c2ccc(N(c3cccc(-c4ccc5sc6ccccc6c5c4)c3)c3cccc4ccccc34)cc2)cc1.c1ccc(-c2ccc(N(c3ccccc3)c3cccc(-c4ccc5oc6ccccc6c5c4)c3)cc2)cc1. The first-order valence-corrected chi connectivity index (χ1v) is 43.7. The van der Waals surface area contributed by atoms with E-state index in [0.717, 1.165) is 78.7 Å². The molecular formula is C118H81N3OS2. The van der Waals surface area contributed by atoms with E-state index in [9.17, 15) is 0 Å². The maximum Gasteiger partial charge on any atom is 0.135 e. The van der Waals surface area contributed by atoms with Crippen molar-refractivity contribution in [1.29, 1.82) is 0 Å². The van der Waals surface area contributed by atoms with E-state index in [2.05, 4.69) is 494 Å². The van der Waals surface area contributed by atoms with Crippen LogP contribution in [0.25, 0.3) is 151 Å². The minimum absolute atomic E-state index is 0.913. The lowest BCUT2D eigenvalue weighted by atomic mass is 10.0.